The third-order valence-electron chi connectivity index (χ3n) is 4.74. The predicted octanol–water partition coefficient (Wildman–Crippen LogP) is 1.55. The van der Waals surface area contributed by atoms with Gasteiger partial charge in [0.1, 0.15) is 6.54 Å². The number of rotatable bonds is 6. The van der Waals surface area contributed by atoms with Crippen LogP contribution in [0.1, 0.15) is 5.56 Å². The molecule has 0 atom stereocenters. The van der Waals surface area contributed by atoms with Gasteiger partial charge >= 0.3 is 5.69 Å². The third-order valence-corrected chi connectivity index (χ3v) is 4.74. The average Bonchev–Trinajstić information content (AvgIpc) is 2.80. The second kappa shape index (κ2) is 8.60. The van der Waals surface area contributed by atoms with Gasteiger partial charge in [-0.3, -0.25) is 33.8 Å². The molecule has 160 valence electrons. The molecule has 0 saturated heterocycles. The number of carbonyl (C=O) groups excluding carboxylic acids is 1. The zero-order chi connectivity index (χ0) is 22.7. The summed E-state index contributed by atoms with van der Waals surface area (Å²) in [6.45, 7) is -0.384. The van der Waals surface area contributed by atoms with E-state index in [-0.39, 0.29) is 29.8 Å². The number of nitrogens with zero attached hydrogens (tertiary/aromatic N) is 5. The van der Waals surface area contributed by atoms with Crippen LogP contribution in [0.15, 0.2) is 76.7 Å². The SMILES string of the molecule is O=C(Cn1c(=O)n(Cc2ccncc2)c(=O)c2ncccc21)Nc1ccc([N+](=O)[O-])cc1. The highest BCUT2D eigenvalue weighted by Crippen LogP contribution is 2.15. The topological polar surface area (TPSA) is 142 Å². The molecule has 4 aromatic rings. The Kier molecular flexibility index (Phi) is 5.53. The number of fused-ring (bicyclic) bond motifs is 1. The number of benzene rings is 1. The van der Waals surface area contributed by atoms with Crippen molar-refractivity contribution in [3.63, 3.8) is 0 Å². The van der Waals surface area contributed by atoms with Crippen molar-refractivity contribution in [2.24, 2.45) is 0 Å². The molecule has 0 saturated carbocycles. The molecule has 0 radical (unpaired) electrons. The Morgan fingerprint density at radius 2 is 1.72 bits per heavy atom. The van der Waals surface area contributed by atoms with Crippen LogP contribution in [-0.2, 0) is 17.9 Å². The highest BCUT2D eigenvalue weighted by molar-refractivity contribution is 5.91. The molecule has 32 heavy (non-hydrogen) atoms. The quantitative estimate of drug-likeness (QED) is 0.360. The lowest BCUT2D eigenvalue weighted by molar-refractivity contribution is -0.384. The van der Waals surface area contributed by atoms with E-state index in [0.717, 1.165) is 4.57 Å². The van der Waals surface area contributed by atoms with Crippen LogP contribution in [0.25, 0.3) is 11.0 Å². The maximum atomic E-state index is 13.1. The van der Waals surface area contributed by atoms with Gasteiger partial charge < -0.3 is 5.32 Å². The Hall–Kier alpha value is -4.67. The molecule has 0 bridgehead atoms. The first-order chi connectivity index (χ1) is 15.4. The van der Waals surface area contributed by atoms with E-state index >= 15 is 0 Å². The van der Waals surface area contributed by atoms with Crippen molar-refractivity contribution >= 4 is 28.3 Å². The van der Waals surface area contributed by atoms with Crippen molar-refractivity contribution in [3.05, 3.63) is 104 Å². The minimum atomic E-state index is -0.661. The Balaban J connectivity index is 1.69. The summed E-state index contributed by atoms with van der Waals surface area (Å²) in [5, 5.41) is 13.4. The summed E-state index contributed by atoms with van der Waals surface area (Å²) in [4.78, 5) is 56.9. The number of pyridine rings is 2. The molecule has 0 aliphatic carbocycles. The maximum Gasteiger partial charge on any atom is 0.332 e. The molecule has 0 spiro atoms. The zero-order valence-electron chi connectivity index (χ0n) is 16.5. The smallest absolute Gasteiger partial charge is 0.325 e. The van der Waals surface area contributed by atoms with Crippen LogP contribution >= 0.6 is 0 Å². The molecule has 11 nitrogen and oxygen atoms in total. The first kappa shape index (κ1) is 20.6. The van der Waals surface area contributed by atoms with Gasteiger partial charge in [0.2, 0.25) is 5.91 Å². The normalized spacial score (nSPS) is 10.8. The lowest BCUT2D eigenvalue weighted by Crippen LogP contribution is -2.42. The van der Waals surface area contributed by atoms with Crippen molar-refractivity contribution in [3.8, 4) is 0 Å². The van der Waals surface area contributed by atoms with E-state index in [1.807, 2.05) is 0 Å². The van der Waals surface area contributed by atoms with Crippen molar-refractivity contribution in [2.45, 2.75) is 13.1 Å². The number of amides is 1. The minimum absolute atomic E-state index is 0.00330. The summed E-state index contributed by atoms with van der Waals surface area (Å²) in [5.41, 5.74) is -0.0192. The molecule has 1 aromatic carbocycles. The highest BCUT2D eigenvalue weighted by Gasteiger charge is 2.17. The fourth-order valence-electron chi connectivity index (χ4n) is 3.22. The van der Waals surface area contributed by atoms with E-state index in [4.69, 9.17) is 0 Å². The largest absolute Gasteiger partial charge is 0.332 e. The van der Waals surface area contributed by atoms with Crippen LogP contribution in [0.5, 0.6) is 0 Å². The summed E-state index contributed by atoms with van der Waals surface area (Å²) < 4.78 is 2.19. The van der Waals surface area contributed by atoms with Gasteiger partial charge in [-0.25, -0.2) is 9.78 Å². The van der Waals surface area contributed by atoms with E-state index in [1.54, 1.807) is 36.7 Å². The van der Waals surface area contributed by atoms with Gasteiger partial charge in [-0.2, -0.15) is 0 Å². The van der Waals surface area contributed by atoms with Crippen LogP contribution in [0.4, 0.5) is 11.4 Å². The lowest BCUT2D eigenvalue weighted by Gasteiger charge is -2.13. The number of hydrogen-bond acceptors (Lipinski definition) is 7. The summed E-state index contributed by atoms with van der Waals surface area (Å²) in [5.74, 6) is -0.541. The van der Waals surface area contributed by atoms with Gasteiger partial charge in [0.05, 0.1) is 17.0 Å². The first-order valence-corrected chi connectivity index (χ1v) is 9.45. The third kappa shape index (κ3) is 4.12. The van der Waals surface area contributed by atoms with Gasteiger partial charge in [-0.15, -0.1) is 0 Å². The fraction of sp³-hybridized carbons (Fsp3) is 0.0952. The number of nitro groups is 1. The fourth-order valence-corrected chi connectivity index (χ4v) is 3.22. The zero-order valence-corrected chi connectivity index (χ0v) is 16.5. The minimum Gasteiger partial charge on any atom is -0.325 e. The van der Waals surface area contributed by atoms with E-state index in [1.165, 1.54) is 35.0 Å². The molecule has 3 aromatic heterocycles. The Labute approximate surface area is 179 Å². The predicted molar refractivity (Wildman–Crippen MR) is 115 cm³/mol. The molecule has 1 N–H and O–H groups in total. The highest BCUT2D eigenvalue weighted by atomic mass is 16.6. The first-order valence-electron chi connectivity index (χ1n) is 9.45. The van der Waals surface area contributed by atoms with E-state index < -0.39 is 22.1 Å². The second-order valence-corrected chi connectivity index (χ2v) is 6.84. The van der Waals surface area contributed by atoms with Crippen molar-refractivity contribution in [1.29, 1.82) is 0 Å². The van der Waals surface area contributed by atoms with Gasteiger partial charge in [-0.05, 0) is 42.0 Å². The summed E-state index contributed by atoms with van der Waals surface area (Å²) in [7, 11) is 0. The molecular formula is C21H16N6O5. The maximum absolute atomic E-state index is 13.1. The Bertz CT molecular complexity index is 1430. The summed E-state index contributed by atoms with van der Waals surface area (Å²) >= 11 is 0. The number of hydrogen-bond donors (Lipinski definition) is 1. The van der Waals surface area contributed by atoms with Crippen LogP contribution < -0.4 is 16.6 Å². The van der Waals surface area contributed by atoms with Crippen LogP contribution in [-0.4, -0.2) is 29.9 Å². The molecule has 4 rings (SSSR count). The monoisotopic (exact) mass is 432 g/mol. The number of anilines is 1. The molecule has 0 aliphatic heterocycles. The van der Waals surface area contributed by atoms with E-state index in [2.05, 4.69) is 15.3 Å². The molecular weight excluding hydrogens is 416 g/mol. The number of aromatic nitrogens is 4. The molecule has 3 heterocycles. The van der Waals surface area contributed by atoms with Crippen molar-refractivity contribution in [2.75, 3.05) is 5.32 Å². The number of nitrogens with one attached hydrogen (secondary N) is 1. The summed E-state index contributed by atoms with van der Waals surface area (Å²) in [6.07, 6.45) is 4.54. The molecule has 11 heteroatoms. The van der Waals surface area contributed by atoms with Crippen molar-refractivity contribution in [1.82, 2.24) is 19.1 Å². The van der Waals surface area contributed by atoms with E-state index in [9.17, 15) is 24.5 Å². The summed E-state index contributed by atoms with van der Waals surface area (Å²) in [6, 6.07) is 11.8. The molecule has 0 fully saturated rings. The van der Waals surface area contributed by atoms with Gasteiger partial charge in [-0.1, -0.05) is 0 Å². The Morgan fingerprint density at radius 3 is 2.41 bits per heavy atom. The van der Waals surface area contributed by atoms with Crippen LogP contribution in [0.2, 0.25) is 0 Å². The van der Waals surface area contributed by atoms with Gasteiger partial charge in [0, 0.05) is 36.4 Å². The number of nitro benzene ring substituents is 1. The molecule has 0 aliphatic rings. The number of carbonyl (C=O) groups is 1. The second-order valence-electron chi connectivity index (χ2n) is 6.84. The van der Waals surface area contributed by atoms with Gasteiger partial charge in [0.25, 0.3) is 11.2 Å². The van der Waals surface area contributed by atoms with Crippen LogP contribution in [0.3, 0.4) is 0 Å². The van der Waals surface area contributed by atoms with Crippen LogP contribution in [0, 0.1) is 10.1 Å². The number of non-ortho nitro benzene ring substituents is 1. The van der Waals surface area contributed by atoms with Gasteiger partial charge in [0.15, 0.2) is 5.52 Å². The molecule has 1 amide bonds. The molecule has 0 unspecified atom stereocenters. The lowest BCUT2D eigenvalue weighted by atomic mass is 10.2. The standard InChI is InChI=1S/C21H16N6O5/c28-18(24-15-3-5-16(6-4-15)27(31)32)13-25-17-2-1-9-23-19(17)20(29)26(21(25)30)12-14-7-10-22-11-8-14/h1-11H,12-13H2,(H,24,28). The average molecular weight is 432 g/mol. The van der Waals surface area contributed by atoms with Crippen molar-refractivity contribution < 1.29 is 9.72 Å². The van der Waals surface area contributed by atoms with E-state index in [0.29, 0.717) is 11.3 Å². The Morgan fingerprint density at radius 1 is 1.00 bits per heavy atom.